The van der Waals surface area contributed by atoms with E-state index in [0.29, 0.717) is 11.4 Å². The van der Waals surface area contributed by atoms with Gasteiger partial charge in [0.1, 0.15) is 5.75 Å². The average molecular weight is 332 g/mol. The Morgan fingerprint density at radius 2 is 2.09 bits per heavy atom. The topological polar surface area (TPSA) is 41.6 Å². The van der Waals surface area contributed by atoms with Crippen molar-refractivity contribution in [1.82, 2.24) is 4.90 Å². The molecule has 0 aliphatic rings. The highest BCUT2D eigenvalue weighted by Crippen LogP contribution is 2.26. The third kappa shape index (κ3) is 4.33. The number of aryl methyl sites for hydroxylation is 2. The average Bonchev–Trinajstić information content (AvgIpc) is 2.91. The number of rotatable bonds is 6. The Morgan fingerprint density at radius 1 is 1.35 bits per heavy atom. The number of benzene rings is 1. The van der Waals surface area contributed by atoms with Crippen molar-refractivity contribution in [3.05, 3.63) is 45.6 Å². The molecular formula is C18H24N2O2S. The zero-order chi connectivity index (χ0) is 17.0. The molecule has 1 atom stereocenters. The van der Waals surface area contributed by atoms with Gasteiger partial charge in [-0.3, -0.25) is 9.69 Å². The standard InChI is InChI=1S/C18H24N2O2S/c1-12-6-7-16(22-5)15(10-12)19-18(21)14(3)20(4)11-17-13(2)8-9-23-17/h6-10,14H,11H2,1-5H3,(H,19,21)/t14-/m1/s1. The molecule has 0 radical (unpaired) electrons. The predicted octanol–water partition coefficient (Wildman–Crippen LogP) is 3.83. The van der Waals surface area contributed by atoms with Gasteiger partial charge in [0.05, 0.1) is 18.8 Å². The molecular weight excluding hydrogens is 308 g/mol. The minimum atomic E-state index is -0.235. The van der Waals surface area contributed by atoms with Gasteiger partial charge in [-0.15, -0.1) is 11.3 Å². The summed E-state index contributed by atoms with van der Waals surface area (Å²) in [6.45, 7) is 6.77. The highest BCUT2D eigenvalue weighted by molar-refractivity contribution is 7.10. The third-order valence-corrected chi connectivity index (χ3v) is 5.02. The molecule has 0 aliphatic carbocycles. The molecule has 0 unspecified atom stereocenters. The zero-order valence-electron chi connectivity index (χ0n) is 14.3. The van der Waals surface area contributed by atoms with Crippen molar-refractivity contribution in [2.75, 3.05) is 19.5 Å². The summed E-state index contributed by atoms with van der Waals surface area (Å²) in [4.78, 5) is 15.9. The van der Waals surface area contributed by atoms with Crippen LogP contribution in [0.5, 0.6) is 5.75 Å². The normalized spacial score (nSPS) is 12.3. The maximum absolute atomic E-state index is 12.5. The molecule has 0 spiro atoms. The Bertz CT molecular complexity index is 681. The number of amides is 1. The highest BCUT2D eigenvalue weighted by atomic mass is 32.1. The summed E-state index contributed by atoms with van der Waals surface area (Å²) in [6.07, 6.45) is 0. The van der Waals surface area contributed by atoms with Crippen LogP contribution in [0.2, 0.25) is 0 Å². The van der Waals surface area contributed by atoms with Crippen LogP contribution >= 0.6 is 11.3 Å². The third-order valence-electron chi connectivity index (χ3n) is 4.01. The smallest absolute Gasteiger partial charge is 0.241 e. The first kappa shape index (κ1) is 17.5. The molecule has 1 N–H and O–H groups in total. The lowest BCUT2D eigenvalue weighted by Gasteiger charge is -2.24. The molecule has 1 amide bonds. The number of ether oxygens (including phenoxy) is 1. The van der Waals surface area contributed by atoms with Crippen LogP contribution in [0.1, 0.15) is 22.9 Å². The van der Waals surface area contributed by atoms with Crippen LogP contribution in [0.15, 0.2) is 29.6 Å². The largest absolute Gasteiger partial charge is 0.495 e. The van der Waals surface area contributed by atoms with E-state index in [2.05, 4.69) is 28.6 Å². The van der Waals surface area contributed by atoms with Gasteiger partial charge in [0.25, 0.3) is 0 Å². The number of carbonyl (C=O) groups is 1. The maximum atomic E-state index is 12.5. The second-order valence-corrected chi connectivity index (χ2v) is 6.81. The Hall–Kier alpha value is -1.85. The maximum Gasteiger partial charge on any atom is 0.241 e. The van der Waals surface area contributed by atoms with Crippen molar-refractivity contribution in [3.63, 3.8) is 0 Å². The number of thiophene rings is 1. The Balaban J connectivity index is 2.05. The molecule has 1 aromatic heterocycles. The van der Waals surface area contributed by atoms with Gasteiger partial charge in [-0.2, -0.15) is 0 Å². The van der Waals surface area contributed by atoms with Gasteiger partial charge in [0.2, 0.25) is 5.91 Å². The Labute approximate surface area is 142 Å². The van der Waals surface area contributed by atoms with E-state index < -0.39 is 0 Å². The molecule has 2 aromatic rings. The SMILES string of the molecule is COc1ccc(C)cc1NC(=O)[C@@H](C)N(C)Cc1sccc1C. The lowest BCUT2D eigenvalue weighted by Crippen LogP contribution is -2.39. The van der Waals surface area contributed by atoms with Gasteiger partial charge in [0.15, 0.2) is 0 Å². The summed E-state index contributed by atoms with van der Waals surface area (Å²) in [5.74, 6) is 0.638. The summed E-state index contributed by atoms with van der Waals surface area (Å²) in [7, 11) is 3.58. The summed E-state index contributed by atoms with van der Waals surface area (Å²) in [5.41, 5.74) is 3.07. The van der Waals surface area contributed by atoms with E-state index in [1.54, 1.807) is 18.4 Å². The van der Waals surface area contributed by atoms with Gasteiger partial charge in [-0.25, -0.2) is 0 Å². The number of hydrogen-bond donors (Lipinski definition) is 1. The lowest BCUT2D eigenvalue weighted by molar-refractivity contribution is -0.120. The number of hydrogen-bond acceptors (Lipinski definition) is 4. The zero-order valence-corrected chi connectivity index (χ0v) is 15.2. The van der Waals surface area contributed by atoms with E-state index in [1.165, 1.54) is 10.4 Å². The second-order valence-electron chi connectivity index (χ2n) is 5.81. The van der Waals surface area contributed by atoms with Crippen molar-refractivity contribution < 1.29 is 9.53 Å². The lowest BCUT2D eigenvalue weighted by atomic mass is 10.2. The van der Waals surface area contributed by atoms with Crippen LogP contribution in [0, 0.1) is 13.8 Å². The first-order chi connectivity index (χ1) is 10.9. The number of anilines is 1. The number of methoxy groups -OCH3 is 1. The minimum absolute atomic E-state index is 0.0365. The van der Waals surface area contributed by atoms with E-state index >= 15 is 0 Å². The van der Waals surface area contributed by atoms with Gasteiger partial charge in [-0.1, -0.05) is 6.07 Å². The monoisotopic (exact) mass is 332 g/mol. The summed E-state index contributed by atoms with van der Waals surface area (Å²) >= 11 is 1.73. The number of nitrogens with one attached hydrogen (secondary N) is 1. The van der Waals surface area contributed by atoms with Crippen LogP contribution in [-0.2, 0) is 11.3 Å². The van der Waals surface area contributed by atoms with Gasteiger partial charge in [0, 0.05) is 11.4 Å². The minimum Gasteiger partial charge on any atom is -0.495 e. The molecule has 0 aliphatic heterocycles. The predicted molar refractivity (Wildman–Crippen MR) is 96.3 cm³/mol. The number of carbonyl (C=O) groups excluding carboxylic acids is 1. The van der Waals surface area contributed by atoms with Crippen molar-refractivity contribution in [1.29, 1.82) is 0 Å². The number of nitrogens with zero attached hydrogens (tertiary/aromatic N) is 1. The Morgan fingerprint density at radius 3 is 2.70 bits per heavy atom. The molecule has 124 valence electrons. The van der Waals surface area contributed by atoms with Gasteiger partial charge in [-0.05, 0) is 62.5 Å². The summed E-state index contributed by atoms with van der Waals surface area (Å²) in [6, 6.07) is 7.63. The first-order valence-electron chi connectivity index (χ1n) is 7.61. The van der Waals surface area contributed by atoms with Crippen molar-refractivity contribution >= 4 is 22.9 Å². The van der Waals surface area contributed by atoms with E-state index in [1.807, 2.05) is 39.1 Å². The fourth-order valence-corrected chi connectivity index (χ4v) is 3.25. The fourth-order valence-electron chi connectivity index (χ4n) is 2.29. The molecule has 1 heterocycles. The van der Waals surface area contributed by atoms with Crippen molar-refractivity contribution in [2.45, 2.75) is 33.4 Å². The first-order valence-corrected chi connectivity index (χ1v) is 8.49. The number of likely N-dealkylation sites (N-methyl/N-ethyl adjacent to an activating group) is 1. The molecule has 2 rings (SSSR count). The van der Waals surface area contributed by atoms with Crippen LogP contribution in [0.25, 0.3) is 0 Å². The molecule has 23 heavy (non-hydrogen) atoms. The quantitative estimate of drug-likeness (QED) is 0.874. The van der Waals surface area contributed by atoms with Crippen LogP contribution < -0.4 is 10.1 Å². The van der Waals surface area contributed by atoms with Crippen molar-refractivity contribution in [2.24, 2.45) is 0 Å². The molecule has 0 saturated heterocycles. The highest BCUT2D eigenvalue weighted by Gasteiger charge is 2.20. The molecule has 4 nitrogen and oxygen atoms in total. The van der Waals surface area contributed by atoms with E-state index in [0.717, 1.165) is 12.1 Å². The van der Waals surface area contributed by atoms with E-state index in [4.69, 9.17) is 4.74 Å². The second kappa shape index (κ2) is 7.62. The molecule has 0 fully saturated rings. The molecule has 5 heteroatoms. The summed E-state index contributed by atoms with van der Waals surface area (Å²) in [5, 5.41) is 5.06. The summed E-state index contributed by atoms with van der Waals surface area (Å²) < 4.78 is 5.32. The van der Waals surface area contributed by atoms with E-state index in [9.17, 15) is 4.79 Å². The molecule has 0 saturated carbocycles. The van der Waals surface area contributed by atoms with Crippen LogP contribution in [0.3, 0.4) is 0 Å². The van der Waals surface area contributed by atoms with Gasteiger partial charge < -0.3 is 10.1 Å². The fraction of sp³-hybridized carbons (Fsp3) is 0.389. The van der Waals surface area contributed by atoms with Gasteiger partial charge >= 0.3 is 0 Å². The Kier molecular flexibility index (Phi) is 5.80. The molecule has 0 bridgehead atoms. The van der Waals surface area contributed by atoms with Crippen LogP contribution in [0.4, 0.5) is 5.69 Å². The van der Waals surface area contributed by atoms with Crippen molar-refractivity contribution in [3.8, 4) is 5.75 Å². The molecule has 1 aromatic carbocycles. The van der Waals surface area contributed by atoms with Crippen LogP contribution in [-0.4, -0.2) is 31.0 Å². The van der Waals surface area contributed by atoms with E-state index in [-0.39, 0.29) is 11.9 Å².